The summed E-state index contributed by atoms with van der Waals surface area (Å²) in [4.78, 5) is 11.3. The van der Waals surface area contributed by atoms with E-state index in [-0.39, 0.29) is 17.0 Å². The number of benzene rings is 2. The van der Waals surface area contributed by atoms with Crippen molar-refractivity contribution in [3.63, 3.8) is 0 Å². The molecular formula is C16H14F2N2O. The molecule has 0 saturated heterocycles. The minimum Gasteiger partial charge on any atom is -0.326 e. The zero-order valence-corrected chi connectivity index (χ0v) is 11.2. The molecule has 2 aromatic carbocycles. The second-order valence-electron chi connectivity index (χ2n) is 5.08. The Morgan fingerprint density at radius 1 is 1.05 bits per heavy atom. The predicted molar refractivity (Wildman–Crippen MR) is 75.8 cm³/mol. The number of rotatable bonds is 2. The number of hydrogen-bond donors (Lipinski definition) is 2. The summed E-state index contributed by atoms with van der Waals surface area (Å²) in [5.74, 6) is -1.14. The Kier molecular flexibility index (Phi) is 3.43. The van der Waals surface area contributed by atoms with Gasteiger partial charge in [0.25, 0.3) is 0 Å². The van der Waals surface area contributed by atoms with Crippen molar-refractivity contribution in [2.75, 3.05) is 5.32 Å². The number of carbonyl (C=O) groups excluding carboxylic acids is 1. The molecule has 0 spiro atoms. The molecular weight excluding hydrogens is 274 g/mol. The maximum Gasteiger partial charge on any atom is 0.224 e. The number of anilines is 1. The first-order chi connectivity index (χ1) is 10.1. The van der Waals surface area contributed by atoms with Crippen molar-refractivity contribution >= 4 is 11.6 Å². The zero-order chi connectivity index (χ0) is 15.0. The van der Waals surface area contributed by atoms with Crippen LogP contribution in [-0.2, 0) is 11.2 Å². The molecule has 1 aliphatic heterocycles. The Morgan fingerprint density at radius 2 is 1.81 bits per heavy atom. The molecule has 0 fully saturated rings. The highest BCUT2D eigenvalue weighted by molar-refractivity contribution is 5.93. The van der Waals surface area contributed by atoms with Crippen LogP contribution in [0.1, 0.15) is 29.2 Å². The molecule has 108 valence electrons. The molecule has 5 heteroatoms. The number of nitrogens with two attached hydrogens (primary N) is 1. The summed E-state index contributed by atoms with van der Waals surface area (Å²) in [6.07, 6.45) is 0.880. The Labute approximate surface area is 120 Å². The van der Waals surface area contributed by atoms with Crippen LogP contribution in [0.2, 0.25) is 0 Å². The summed E-state index contributed by atoms with van der Waals surface area (Å²) in [7, 11) is 0. The lowest BCUT2D eigenvalue weighted by Crippen LogP contribution is -2.21. The molecule has 0 aliphatic carbocycles. The summed E-state index contributed by atoms with van der Waals surface area (Å²) in [5.41, 5.74) is 7.77. The maximum absolute atomic E-state index is 14.2. The second kappa shape index (κ2) is 5.26. The van der Waals surface area contributed by atoms with Gasteiger partial charge < -0.3 is 11.1 Å². The van der Waals surface area contributed by atoms with E-state index >= 15 is 0 Å². The third kappa shape index (κ3) is 2.52. The molecule has 0 aromatic heterocycles. The van der Waals surface area contributed by atoms with Crippen LogP contribution in [0.25, 0.3) is 0 Å². The summed E-state index contributed by atoms with van der Waals surface area (Å²) < 4.78 is 28.0. The van der Waals surface area contributed by atoms with E-state index in [1.807, 2.05) is 0 Å². The van der Waals surface area contributed by atoms with Crippen molar-refractivity contribution in [2.24, 2.45) is 5.73 Å². The van der Waals surface area contributed by atoms with E-state index in [4.69, 9.17) is 5.73 Å². The molecule has 3 N–H and O–H groups in total. The summed E-state index contributed by atoms with van der Waals surface area (Å²) >= 11 is 0. The SMILES string of the molecule is NC(c1ccccc1F)c1cc2c(cc1F)NC(=O)CC2. The van der Waals surface area contributed by atoms with Crippen LogP contribution in [-0.4, -0.2) is 5.91 Å². The molecule has 1 aliphatic rings. The van der Waals surface area contributed by atoms with Crippen molar-refractivity contribution in [2.45, 2.75) is 18.9 Å². The molecule has 2 aromatic rings. The van der Waals surface area contributed by atoms with Crippen LogP contribution >= 0.6 is 0 Å². The molecule has 3 nitrogen and oxygen atoms in total. The zero-order valence-electron chi connectivity index (χ0n) is 11.2. The second-order valence-corrected chi connectivity index (χ2v) is 5.08. The van der Waals surface area contributed by atoms with Gasteiger partial charge in [-0.2, -0.15) is 0 Å². The van der Waals surface area contributed by atoms with Crippen molar-refractivity contribution in [1.29, 1.82) is 0 Å². The average molecular weight is 288 g/mol. The number of nitrogens with one attached hydrogen (secondary N) is 1. The van der Waals surface area contributed by atoms with Crippen molar-refractivity contribution in [3.05, 3.63) is 64.7 Å². The molecule has 0 saturated carbocycles. The Balaban J connectivity index is 2.03. The number of fused-ring (bicyclic) bond motifs is 1. The Hall–Kier alpha value is -2.27. The summed E-state index contributed by atoms with van der Waals surface area (Å²) in [5, 5.41) is 2.62. The van der Waals surface area contributed by atoms with E-state index in [2.05, 4.69) is 5.32 Å². The van der Waals surface area contributed by atoms with Gasteiger partial charge in [0, 0.05) is 23.2 Å². The molecule has 1 unspecified atom stereocenters. The van der Waals surface area contributed by atoms with Crippen LogP contribution in [0.4, 0.5) is 14.5 Å². The van der Waals surface area contributed by atoms with Gasteiger partial charge in [-0.25, -0.2) is 8.78 Å². The highest BCUT2D eigenvalue weighted by Gasteiger charge is 2.22. The molecule has 3 rings (SSSR count). The fraction of sp³-hybridized carbons (Fsp3) is 0.188. The van der Waals surface area contributed by atoms with Gasteiger partial charge >= 0.3 is 0 Å². The third-order valence-electron chi connectivity index (χ3n) is 3.69. The molecule has 0 radical (unpaired) electrons. The number of hydrogen-bond acceptors (Lipinski definition) is 2. The van der Waals surface area contributed by atoms with Crippen LogP contribution in [0.5, 0.6) is 0 Å². The van der Waals surface area contributed by atoms with Gasteiger partial charge in [0.15, 0.2) is 0 Å². The molecule has 1 heterocycles. The Morgan fingerprint density at radius 3 is 2.57 bits per heavy atom. The van der Waals surface area contributed by atoms with E-state index in [1.165, 1.54) is 12.1 Å². The van der Waals surface area contributed by atoms with E-state index in [0.717, 1.165) is 5.56 Å². The van der Waals surface area contributed by atoms with Crippen LogP contribution in [0.15, 0.2) is 36.4 Å². The quantitative estimate of drug-likeness (QED) is 0.892. The monoisotopic (exact) mass is 288 g/mol. The minimum absolute atomic E-state index is 0.131. The van der Waals surface area contributed by atoms with Gasteiger partial charge in [0.05, 0.1) is 6.04 Å². The number of halogens is 2. The average Bonchev–Trinajstić information content (AvgIpc) is 2.46. The van der Waals surface area contributed by atoms with E-state index in [1.54, 1.807) is 24.3 Å². The summed E-state index contributed by atoms with van der Waals surface area (Å²) in [6.45, 7) is 0. The molecule has 21 heavy (non-hydrogen) atoms. The summed E-state index contributed by atoms with van der Waals surface area (Å²) in [6, 6.07) is 8.05. The van der Waals surface area contributed by atoms with Crippen molar-refractivity contribution < 1.29 is 13.6 Å². The van der Waals surface area contributed by atoms with E-state index in [9.17, 15) is 13.6 Å². The minimum atomic E-state index is -0.880. The van der Waals surface area contributed by atoms with Gasteiger partial charge in [-0.1, -0.05) is 18.2 Å². The fourth-order valence-electron chi connectivity index (χ4n) is 2.55. The number of aryl methyl sites for hydroxylation is 1. The molecule has 1 amide bonds. The highest BCUT2D eigenvalue weighted by Crippen LogP contribution is 2.31. The van der Waals surface area contributed by atoms with Gasteiger partial charge in [0.2, 0.25) is 5.91 Å². The predicted octanol–water partition coefficient (Wildman–Crippen LogP) is 2.90. The van der Waals surface area contributed by atoms with Gasteiger partial charge in [-0.15, -0.1) is 0 Å². The lowest BCUT2D eigenvalue weighted by molar-refractivity contribution is -0.116. The van der Waals surface area contributed by atoms with Crippen LogP contribution < -0.4 is 11.1 Å². The molecule has 1 atom stereocenters. The maximum atomic E-state index is 14.2. The number of amides is 1. The van der Waals surface area contributed by atoms with Gasteiger partial charge in [0.1, 0.15) is 11.6 Å². The third-order valence-corrected chi connectivity index (χ3v) is 3.69. The van der Waals surface area contributed by atoms with Crippen LogP contribution in [0.3, 0.4) is 0 Å². The first-order valence-electron chi connectivity index (χ1n) is 6.68. The lowest BCUT2D eigenvalue weighted by atomic mass is 9.93. The molecule has 0 bridgehead atoms. The van der Waals surface area contributed by atoms with Crippen LogP contribution in [0, 0.1) is 11.6 Å². The largest absolute Gasteiger partial charge is 0.326 e. The topological polar surface area (TPSA) is 55.1 Å². The normalized spacial score (nSPS) is 15.3. The lowest BCUT2D eigenvalue weighted by Gasteiger charge is -2.21. The highest BCUT2D eigenvalue weighted by atomic mass is 19.1. The standard InChI is InChI=1S/C16H14F2N2O/c17-12-4-2-1-3-10(12)16(19)11-7-9-5-6-15(21)20-14(9)8-13(11)18/h1-4,7-8,16H,5-6,19H2,(H,20,21). The fourth-order valence-corrected chi connectivity index (χ4v) is 2.55. The van der Waals surface area contributed by atoms with Gasteiger partial charge in [-0.3, -0.25) is 4.79 Å². The first kappa shape index (κ1) is 13.7. The smallest absolute Gasteiger partial charge is 0.224 e. The van der Waals surface area contributed by atoms with Crippen molar-refractivity contribution in [1.82, 2.24) is 0 Å². The Bertz CT molecular complexity index is 715. The van der Waals surface area contributed by atoms with E-state index < -0.39 is 17.7 Å². The first-order valence-corrected chi connectivity index (χ1v) is 6.68. The van der Waals surface area contributed by atoms with E-state index in [0.29, 0.717) is 18.5 Å². The van der Waals surface area contributed by atoms with Crippen molar-refractivity contribution in [3.8, 4) is 0 Å². The van der Waals surface area contributed by atoms with Gasteiger partial charge in [-0.05, 0) is 30.2 Å². The number of carbonyl (C=O) groups is 1.